The van der Waals surface area contributed by atoms with Gasteiger partial charge in [-0.05, 0) is 25.0 Å². The van der Waals surface area contributed by atoms with Gasteiger partial charge in [-0.15, -0.1) is 0 Å². The van der Waals surface area contributed by atoms with E-state index in [-0.39, 0.29) is 23.4 Å². The van der Waals surface area contributed by atoms with E-state index in [9.17, 15) is 9.59 Å². The summed E-state index contributed by atoms with van der Waals surface area (Å²) in [6.07, 6.45) is 1.53. The molecule has 0 aliphatic carbocycles. The topological polar surface area (TPSA) is 97.1 Å². The molecule has 1 N–H and O–H groups in total. The fraction of sp³-hybridized carbons (Fsp3) is 0.476. The largest absolute Gasteiger partial charge is 0.497 e. The number of amides is 2. The zero-order chi connectivity index (χ0) is 20.9. The van der Waals surface area contributed by atoms with Crippen LogP contribution >= 0.6 is 0 Å². The van der Waals surface area contributed by atoms with E-state index in [1.807, 2.05) is 29.3 Å². The van der Waals surface area contributed by atoms with Crippen LogP contribution in [0.2, 0.25) is 0 Å². The van der Waals surface area contributed by atoms with E-state index in [2.05, 4.69) is 10.6 Å². The van der Waals surface area contributed by atoms with Crippen LogP contribution < -0.4 is 10.2 Å². The van der Waals surface area contributed by atoms with Crippen LogP contribution in [-0.4, -0.2) is 73.4 Å². The van der Waals surface area contributed by atoms with Crippen molar-refractivity contribution in [1.29, 1.82) is 0 Å². The molecule has 0 bridgehead atoms. The highest BCUT2D eigenvalue weighted by atomic mass is 16.5. The number of nitrogens with zero attached hydrogens (tertiary/aromatic N) is 3. The van der Waals surface area contributed by atoms with Crippen molar-refractivity contribution in [3.05, 3.63) is 36.0 Å². The van der Waals surface area contributed by atoms with Crippen LogP contribution in [-0.2, 0) is 9.53 Å². The van der Waals surface area contributed by atoms with Gasteiger partial charge in [-0.25, -0.2) is 5.01 Å². The van der Waals surface area contributed by atoms with Crippen molar-refractivity contribution in [2.45, 2.75) is 12.8 Å². The van der Waals surface area contributed by atoms with Crippen molar-refractivity contribution < 1.29 is 23.6 Å². The SMILES string of the molecule is COc1cccc(-c2cc(C(=O)N3CCC[C@@H](C(=O)NN4CCOCC4)C3)no2)c1. The van der Waals surface area contributed by atoms with Crippen LogP contribution in [0.4, 0.5) is 0 Å². The first-order valence-corrected chi connectivity index (χ1v) is 10.2. The normalized spacial score (nSPS) is 20.0. The molecule has 9 heteroatoms. The van der Waals surface area contributed by atoms with Crippen LogP contribution in [0.1, 0.15) is 23.3 Å². The number of morpholine rings is 1. The summed E-state index contributed by atoms with van der Waals surface area (Å²) in [7, 11) is 1.59. The molecule has 2 aliphatic rings. The van der Waals surface area contributed by atoms with E-state index in [1.165, 1.54) is 0 Å². The Morgan fingerprint density at radius 1 is 1.20 bits per heavy atom. The number of likely N-dealkylation sites (tertiary alicyclic amines) is 1. The van der Waals surface area contributed by atoms with Gasteiger partial charge in [0.2, 0.25) is 5.91 Å². The molecule has 4 rings (SSSR count). The summed E-state index contributed by atoms with van der Waals surface area (Å²) in [5.41, 5.74) is 3.97. The number of benzene rings is 1. The molecule has 2 aliphatic heterocycles. The highest BCUT2D eigenvalue weighted by Gasteiger charge is 2.31. The fourth-order valence-corrected chi connectivity index (χ4v) is 3.75. The Hall–Kier alpha value is -2.91. The minimum Gasteiger partial charge on any atom is -0.497 e. The number of hydrogen-bond acceptors (Lipinski definition) is 7. The smallest absolute Gasteiger partial charge is 0.276 e. The molecule has 2 fully saturated rings. The van der Waals surface area contributed by atoms with E-state index < -0.39 is 0 Å². The Morgan fingerprint density at radius 2 is 2.03 bits per heavy atom. The van der Waals surface area contributed by atoms with Gasteiger partial charge in [0.1, 0.15) is 5.75 Å². The minimum atomic E-state index is -0.240. The number of hydrogen-bond donors (Lipinski definition) is 1. The van der Waals surface area contributed by atoms with Crippen molar-refractivity contribution in [3.8, 4) is 17.1 Å². The molecule has 2 aromatic rings. The van der Waals surface area contributed by atoms with Crippen molar-refractivity contribution in [2.75, 3.05) is 46.5 Å². The number of hydrazine groups is 1. The first-order chi connectivity index (χ1) is 14.6. The average Bonchev–Trinajstić information content (AvgIpc) is 3.30. The molecular weight excluding hydrogens is 388 g/mol. The van der Waals surface area contributed by atoms with Gasteiger partial charge >= 0.3 is 0 Å². The Morgan fingerprint density at radius 3 is 2.83 bits per heavy atom. The molecule has 3 heterocycles. The van der Waals surface area contributed by atoms with Crippen molar-refractivity contribution in [2.24, 2.45) is 5.92 Å². The number of aromatic nitrogens is 1. The lowest BCUT2D eigenvalue weighted by molar-refractivity contribution is -0.133. The second-order valence-corrected chi connectivity index (χ2v) is 7.47. The van der Waals surface area contributed by atoms with Crippen LogP contribution in [0.15, 0.2) is 34.9 Å². The third kappa shape index (κ3) is 4.63. The lowest BCUT2D eigenvalue weighted by atomic mass is 9.97. The summed E-state index contributed by atoms with van der Waals surface area (Å²) in [5.74, 6) is 0.677. The van der Waals surface area contributed by atoms with Crippen molar-refractivity contribution in [1.82, 2.24) is 20.5 Å². The third-order valence-corrected chi connectivity index (χ3v) is 5.44. The molecular formula is C21H26N4O5. The summed E-state index contributed by atoms with van der Waals surface area (Å²) < 4.78 is 15.9. The molecule has 30 heavy (non-hydrogen) atoms. The van der Waals surface area contributed by atoms with Crippen LogP contribution in [0.5, 0.6) is 5.75 Å². The summed E-state index contributed by atoms with van der Waals surface area (Å²) in [6, 6.07) is 9.00. The van der Waals surface area contributed by atoms with Gasteiger partial charge in [0.05, 0.1) is 26.2 Å². The van der Waals surface area contributed by atoms with E-state index in [1.54, 1.807) is 18.1 Å². The summed E-state index contributed by atoms with van der Waals surface area (Å²) >= 11 is 0. The van der Waals surface area contributed by atoms with Gasteiger partial charge in [0, 0.05) is 37.8 Å². The minimum absolute atomic E-state index is 0.0494. The molecule has 1 atom stereocenters. The molecule has 2 amide bonds. The number of carbonyl (C=O) groups excluding carboxylic acids is 2. The Balaban J connectivity index is 1.39. The third-order valence-electron chi connectivity index (χ3n) is 5.44. The van der Waals surface area contributed by atoms with Crippen LogP contribution in [0, 0.1) is 5.92 Å². The predicted octanol–water partition coefficient (Wildman–Crippen LogP) is 1.57. The first kappa shape index (κ1) is 20.4. The van der Waals surface area contributed by atoms with E-state index >= 15 is 0 Å². The molecule has 0 spiro atoms. The summed E-state index contributed by atoms with van der Waals surface area (Å²) in [5, 5.41) is 5.84. The van der Waals surface area contributed by atoms with Gasteiger partial charge in [-0.1, -0.05) is 17.3 Å². The second-order valence-electron chi connectivity index (χ2n) is 7.47. The summed E-state index contributed by atoms with van der Waals surface area (Å²) in [4.78, 5) is 27.3. The molecule has 1 aromatic carbocycles. The quantitative estimate of drug-likeness (QED) is 0.793. The Labute approximate surface area is 174 Å². The predicted molar refractivity (Wildman–Crippen MR) is 108 cm³/mol. The van der Waals surface area contributed by atoms with E-state index in [0.29, 0.717) is 50.9 Å². The molecule has 0 radical (unpaired) electrons. The number of carbonyl (C=O) groups is 2. The van der Waals surface area contributed by atoms with Gasteiger partial charge in [0.15, 0.2) is 11.5 Å². The van der Waals surface area contributed by atoms with Crippen molar-refractivity contribution in [3.63, 3.8) is 0 Å². The number of nitrogens with one attached hydrogen (secondary N) is 1. The Bertz CT molecular complexity index is 893. The number of ether oxygens (including phenoxy) is 2. The molecule has 9 nitrogen and oxygen atoms in total. The zero-order valence-electron chi connectivity index (χ0n) is 17.0. The molecule has 1 aromatic heterocycles. The number of piperidine rings is 1. The second kappa shape index (κ2) is 9.27. The lowest BCUT2D eigenvalue weighted by Gasteiger charge is -2.34. The van der Waals surface area contributed by atoms with E-state index in [0.717, 1.165) is 18.4 Å². The standard InChI is InChI=1S/C21H26N4O5/c1-28-17-6-2-4-15(12-17)19-13-18(23-30-19)21(27)24-7-3-5-16(14-24)20(26)22-25-8-10-29-11-9-25/h2,4,6,12-13,16H,3,5,7-11,14H2,1H3,(H,22,26)/t16-/m1/s1. The molecule has 160 valence electrons. The van der Waals surface area contributed by atoms with Gasteiger partial charge in [-0.2, -0.15) is 0 Å². The molecule has 0 saturated carbocycles. The van der Waals surface area contributed by atoms with Gasteiger partial charge < -0.3 is 18.9 Å². The fourth-order valence-electron chi connectivity index (χ4n) is 3.75. The van der Waals surface area contributed by atoms with Gasteiger partial charge in [0.25, 0.3) is 5.91 Å². The lowest BCUT2D eigenvalue weighted by Crippen LogP contribution is -2.53. The van der Waals surface area contributed by atoms with Crippen LogP contribution in [0.3, 0.4) is 0 Å². The summed E-state index contributed by atoms with van der Waals surface area (Å²) in [6.45, 7) is 3.53. The maximum atomic E-state index is 12.9. The monoisotopic (exact) mass is 414 g/mol. The first-order valence-electron chi connectivity index (χ1n) is 10.2. The van der Waals surface area contributed by atoms with Crippen molar-refractivity contribution >= 4 is 11.8 Å². The average molecular weight is 414 g/mol. The maximum Gasteiger partial charge on any atom is 0.276 e. The van der Waals surface area contributed by atoms with E-state index in [4.69, 9.17) is 14.0 Å². The number of rotatable bonds is 5. The molecule has 0 unspecified atom stereocenters. The van der Waals surface area contributed by atoms with Gasteiger partial charge in [-0.3, -0.25) is 15.0 Å². The zero-order valence-corrected chi connectivity index (χ0v) is 17.0. The molecule has 2 saturated heterocycles. The van der Waals surface area contributed by atoms with Crippen LogP contribution in [0.25, 0.3) is 11.3 Å². The highest BCUT2D eigenvalue weighted by molar-refractivity contribution is 5.93. The Kier molecular flexibility index (Phi) is 6.29. The highest BCUT2D eigenvalue weighted by Crippen LogP contribution is 2.26. The maximum absolute atomic E-state index is 12.9. The number of methoxy groups -OCH3 is 1.